The maximum Gasteiger partial charge on any atom is 0.416 e. The first-order valence-electron chi connectivity index (χ1n) is 10.6. The smallest absolute Gasteiger partial charge is 0.382 e. The van der Waals surface area contributed by atoms with Crippen LogP contribution < -0.4 is 11.1 Å². The van der Waals surface area contributed by atoms with E-state index >= 15 is 0 Å². The second kappa shape index (κ2) is 9.74. The summed E-state index contributed by atoms with van der Waals surface area (Å²) in [5, 5.41) is 12.6. The Kier molecular flexibility index (Phi) is 6.96. The van der Waals surface area contributed by atoms with Crippen LogP contribution in [0.5, 0.6) is 0 Å². The molecule has 176 valence electrons. The lowest BCUT2D eigenvalue weighted by molar-refractivity contribution is -0.137. The zero-order valence-electron chi connectivity index (χ0n) is 18.3. The summed E-state index contributed by atoms with van der Waals surface area (Å²) in [5.41, 5.74) is 9.43. The molecule has 6 nitrogen and oxygen atoms in total. The molecule has 2 aromatic carbocycles. The molecule has 0 fully saturated rings. The van der Waals surface area contributed by atoms with Crippen molar-refractivity contribution in [2.75, 3.05) is 20.3 Å². The number of methoxy groups -OCH3 is 1. The number of aryl methyl sites for hydroxylation is 1. The summed E-state index contributed by atoms with van der Waals surface area (Å²) in [7, 11) is 1.66. The zero-order chi connectivity index (χ0) is 23.6. The number of benzene rings is 2. The Hall–Kier alpha value is -2.56. The molecule has 4 N–H and O–H groups in total. The molecule has 0 amide bonds. The largest absolute Gasteiger partial charge is 0.416 e. The molecule has 0 aliphatic carbocycles. The molecule has 0 saturated heterocycles. The lowest BCUT2D eigenvalue weighted by Gasteiger charge is -2.17. The van der Waals surface area contributed by atoms with Crippen molar-refractivity contribution in [3.8, 4) is 0 Å². The molecule has 1 aliphatic rings. The van der Waals surface area contributed by atoms with E-state index in [9.17, 15) is 13.2 Å². The van der Waals surface area contributed by atoms with Gasteiger partial charge in [0.05, 0.1) is 34.7 Å². The highest BCUT2D eigenvalue weighted by molar-refractivity contribution is 8.14. The van der Waals surface area contributed by atoms with Crippen LogP contribution in [-0.2, 0) is 17.3 Å². The van der Waals surface area contributed by atoms with Gasteiger partial charge in [-0.1, -0.05) is 30.0 Å². The van der Waals surface area contributed by atoms with E-state index in [1.165, 1.54) is 12.1 Å². The second-order valence-corrected chi connectivity index (χ2v) is 9.28. The molecule has 3 aromatic rings. The van der Waals surface area contributed by atoms with Gasteiger partial charge in [-0.05, 0) is 48.7 Å². The van der Waals surface area contributed by atoms with Crippen LogP contribution in [0, 0.1) is 6.92 Å². The minimum atomic E-state index is -4.34. The van der Waals surface area contributed by atoms with E-state index in [-0.39, 0.29) is 17.3 Å². The van der Waals surface area contributed by atoms with Crippen LogP contribution in [-0.4, -0.2) is 47.7 Å². The summed E-state index contributed by atoms with van der Waals surface area (Å²) in [4.78, 5) is 4.78. The number of hydrogen-bond donors (Lipinski definition) is 3. The quantitative estimate of drug-likeness (QED) is 0.475. The monoisotopic (exact) mass is 477 g/mol. The zero-order valence-corrected chi connectivity index (χ0v) is 19.1. The van der Waals surface area contributed by atoms with Crippen molar-refractivity contribution >= 4 is 27.8 Å². The first-order valence-corrected chi connectivity index (χ1v) is 11.5. The third kappa shape index (κ3) is 5.51. The van der Waals surface area contributed by atoms with Gasteiger partial charge in [0.2, 0.25) is 0 Å². The second-order valence-electron chi connectivity index (χ2n) is 8.15. The number of fused-ring (bicyclic) bond motifs is 1. The Morgan fingerprint density at radius 3 is 2.67 bits per heavy atom. The molecule has 3 atom stereocenters. The van der Waals surface area contributed by atoms with Crippen molar-refractivity contribution in [3.05, 3.63) is 64.8 Å². The van der Waals surface area contributed by atoms with E-state index in [1.54, 1.807) is 18.9 Å². The maximum atomic E-state index is 12.7. The number of nitrogens with zero attached hydrogens (tertiary/aromatic N) is 2. The molecule has 0 saturated carbocycles. The molecule has 0 bridgehead atoms. The summed E-state index contributed by atoms with van der Waals surface area (Å²) >= 11 is 1.63. The van der Waals surface area contributed by atoms with Gasteiger partial charge in [-0.2, -0.15) is 18.3 Å². The number of aromatic nitrogens is 2. The molecule has 0 spiro atoms. The van der Waals surface area contributed by atoms with Gasteiger partial charge in [-0.15, -0.1) is 0 Å². The summed E-state index contributed by atoms with van der Waals surface area (Å²) in [6, 6.07) is 11.1. The third-order valence-corrected chi connectivity index (χ3v) is 6.92. The number of alkyl halides is 3. The summed E-state index contributed by atoms with van der Waals surface area (Å²) < 4.78 is 43.6. The van der Waals surface area contributed by atoms with Gasteiger partial charge in [0.15, 0.2) is 5.17 Å². The maximum absolute atomic E-state index is 12.7. The van der Waals surface area contributed by atoms with Crippen molar-refractivity contribution in [1.82, 2.24) is 15.5 Å². The van der Waals surface area contributed by atoms with E-state index in [1.807, 2.05) is 13.0 Å². The van der Waals surface area contributed by atoms with E-state index in [0.29, 0.717) is 19.6 Å². The fraction of sp³-hybridized carbons (Fsp3) is 0.391. The first kappa shape index (κ1) is 23.6. The van der Waals surface area contributed by atoms with Crippen LogP contribution in [0.3, 0.4) is 0 Å². The van der Waals surface area contributed by atoms with Crippen molar-refractivity contribution in [2.24, 2.45) is 10.7 Å². The van der Waals surface area contributed by atoms with Gasteiger partial charge in [-0.3, -0.25) is 10.1 Å². The normalized spacial score (nSPS) is 19.6. The van der Waals surface area contributed by atoms with E-state index < -0.39 is 11.7 Å². The Morgan fingerprint density at radius 2 is 1.97 bits per heavy atom. The van der Waals surface area contributed by atoms with Gasteiger partial charge in [0, 0.05) is 25.1 Å². The van der Waals surface area contributed by atoms with Crippen LogP contribution in [0.25, 0.3) is 10.9 Å². The molecule has 1 aromatic heterocycles. The highest BCUT2D eigenvalue weighted by atomic mass is 32.2. The SMILES string of the molecule is COCC1N=C(NC[C@@H](N)Cc2ccc(C(F)(F)F)cc2)SC1c1ccc2[nH]nc(C)c2c1. The number of hydrogen-bond acceptors (Lipinski definition) is 6. The number of nitrogens with one attached hydrogen (secondary N) is 2. The number of ether oxygens (including phenoxy) is 1. The standard InChI is InChI=1S/C23H26F3N5OS/c1-13-18-10-15(5-8-19(18)31-30-13)21-20(12-32-2)29-22(33-21)28-11-17(27)9-14-3-6-16(7-4-14)23(24,25)26/h3-8,10,17,20-21H,9,11-12,27H2,1-2H3,(H,28,29)(H,30,31)/t17-,20?,21?/m0/s1. The minimum absolute atomic E-state index is 0.0432. The predicted octanol–water partition coefficient (Wildman–Crippen LogP) is 4.21. The molecule has 2 unspecified atom stereocenters. The lowest BCUT2D eigenvalue weighted by atomic mass is 10.0. The molecular weight excluding hydrogens is 451 g/mol. The number of thioether (sulfide) groups is 1. The van der Waals surface area contributed by atoms with Gasteiger partial charge in [0.1, 0.15) is 0 Å². The summed E-state index contributed by atoms with van der Waals surface area (Å²) in [5.74, 6) is 0. The molecule has 0 radical (unpaired) electrons. The van der Waals surface area contributed by atoms with Crippen LogP contribution in [0.1, 0.15) is 27.6 Å². The van der Waals surface area contributed by atoms with Gasteiger partial charge >= 0.3 is 6.18 Å². The number of H-pyrrole nitrogens is 1. The minimum Gasteiger partial charge on any atom is -0.382 e. The predicted molar refractivity (Wildman–Crippen MR) is 125 cm³/mol. The van der Waals surface area contributed by atoms with Crippen LogP contribution >= 0.6 is 11.8 Å². The Labute approximate surface area is 194 Å². The fourth-order valence-electron chi connectivity index (χ4n) is 3.88. The van der Waals surface area contributed by atoms with E-state index in [4.69, 9.17) is 15.5 Å². The Bertz CT molecular complexity index is 1130. The lowest BCUT2D eigenvalue weighted by Crippen LogP contribution is -2.37. The highest BCUT2D eigenvalue weighted by Crippen LogP contribution is 2.40. The van der Waals surface area contributed by atoms with Crippen LogP contribution in [0.15, 0.2) is 47.5 Å². The molecule has 33 heavy (non-hydrogen) atoms. The third-order valence-electron chi connectivity index (χ3n) is 5.61. The number of amidine groups is 1. The summed E-state index contributed by atoms with van der Waals surface area (Å²) in [6.07, 6.45) is -3.87. The number of rotatable bonds is 7. The van der Waals surface area contributed by atoms with Gasteiger partial charge in [0.25, 0.3) is 0 Å². The number of aliphatic imine (C=N–C) groups is 1. The Balaban J connectivity index is 1.37. The first-order chi connectivity index (χ1) is 15.7. The van der Waals surface area contributed by atoms with Gasteiger partial charge in [-0.25, -0.2) is 0 Å². The van der Waals surface area contributed by atoms with E-state index in [0.717, 1.165) is 45.0 Å². The molecule has 1 aliphatic heterocycles. The molecule has 10 heteroatoms. The average molecular weight is 478 g/mol. The van der Waals surface area contributed by atoms with Crippen molar-refractivity contribution in [3.63, 3.8) is 0 Å². The molecule has 2 heterocycles. The van der Waals surface area contributed by atoms with Crippen molar-refractivity contribution in [2.45, 2.75) is 36.9 Å². The number of halogens is 3. The molecule has 4 rings (SSSR count). The van der Waals surface area contributed by atoms with Crippen LogP contribution in [0.4, 0.5) is 13.2 Å². The average Bonchev–Trinajstić information content (AvgIpc) is 3.35. The fourth-order valence-corrected chi connectivity index (χ4v) is 5.07. The van der Waals surface area contributed by atoms with Gasteiger partial charge < -0.3 is 15.8 Å². The van der Waals surface area contributed by atoms with Crippen molar-refractivity contribution in [1.29, 1.82) is 0 Å². The Morgan fingerprint density at radius 1 is 1.21 bits per heavy atom. The summed E-state index contributed by atoms with van der Waals surface area (Å²) in [6.45, 7) is 2.92. The number of aromatic amines is 1. The topological polar surface area (TPSA) is 88.3 Å². The van der Waals surface area contributed by atoms with E-state index in [2.05, 4.69) is 27.6 Å². The van der Waals surface area contributed by atoms with Crippen LogP contribution in [0.2, 0.25) is 0 Å². The highest BCUT2D eigenvalue weighted by Gasteiger charge is 2.32. The number of nitrogens with two attached hydrogens (primary N) is 1. The molecular formula is C23H26F3N5OS. The van der Waals surface area contributed by atoms with Crippen molar-refractivity contribution < 1.29 is 17.9 Å².